The number of carbonyl (C=O) groups is 1. The van der Waals surface area contributed by atoms with E-state index in [1.807, 2.05) is 4.90 Å². The van der Waals surface area contributed by atoms with E-state index in [4.69, 9.17) is 0 Å². The first-order valence-corrected chi connectivity index (χ1v) is 6.99. The van der Waals surface area contributed by atoms with Crippen LogP contribution in [0.3, 0.4) is 0 Å². The summed E-state index contributed by atoms with van der Waals surface area (Å²) < 4.78 is 0. The summed E-state index contributed by atoms with van der Waals surface area (Å²) in [6.45, 7) is 10.8. The number of piperidine rings is 1. The summed E-state index contributed by atoms with van der Waals surface area (Å²) in [4.78, 5) is 16.2. The van der Waals surface area contributed by atoms with Gasteiger partial charge in [0.15, 0.2) is 0 Å². The summed E-state index contributed by atoms with van der Waals surface area (Å²) in [6, 6.07) is 0.287. The van der Waals surface area contributed by atoms with Crippen LogP contribution in [-0.4, -0.2) is 42.0 Å². The van der Waals surface area contributed by atoms with Gasteiger partial charge in [0.05, 0.1) is 0 Å². The molecule has 0 aromatic rings. The van der Waals surface area contributed by atoms with Gasteiger partial charge in [-0.15, -0.1) is 0 Å². The molecule has 1 atom stereocenters. The minimum atomic E-state index is 0.287. The van der Waals surface area contributed by atoms with Crippen molar-refractivity contribution < 1.29 is 4.79 Å². The molecule has 17 heavy (non-hydrogen) atoms. The molecule has 2 heterocycles. The van der Waals surface area contributed by atoms with E-state index in [1.165, 1.54) is 25.7 Å². The first-order valence-electron chi connectivity index (χ1n) is 6.99. The molecular formula is C14H26N2O. The molecule has 98 valence electrons. The third-order valence-electron chi connectivity index (χ3n) is 3.82. The number of urea groups is 1. The summed E-state index contributed by atoms with van der Waals surface area (Å²) in [5.41, 5.74) is 0.382. The number of nitrogens with zero attached hydrogens (tertiary/aromatic N) is 2. The maximum absolute atomic E-state index is 12.1. The summed E-state index contributed by atoms with van der Waals surface area (Å²) in [5, 5.41) is 0. The smallest absolute Gasteiger partial charge is 0.320 e. The molecular weight excluding hydrogens is 212 g/mol. The Balaban J connectivity index is 1.85. The van der Waals surface area contributed by atoms with E-state index in [9.17, 15) is 4.79 Å². The number of carbonyl (C=O) groups excluding carboxylic acids is 1. The molecule has 2 aliphatic heterocycles. The molecule has 0 saturated carbocycles. The van der Waals surface area contributed by atoms with Crippen molar-refractivity contribution in [2.24, 2.45) is 11.3 Å². The van der Waals surface area contributed by atoms with E-state index in [0.717, 1.165) is 26.2 Å². The van der Waals surface area contributed by atoms with Crippen molar-refractivity contribution in [1.29, 1.82) is 0 Å². The molecule has 2 amide bonds. The normalized spacial score (nSPS) is 25.7. The van der Waals surface area contributed by atoms with Crippen molar-refractivity contribution in [1.82, 2.24) is 9.80 Å². The van der Waals surface area contributed by atoms with Gasteiger partial charge in [-0.2, -0.15) is 0 Å². The first-order chi connectivity index (χ1) is 7.96. The highest BCUT2D eigenvalue weighted by atomic mass is 16.2. The fraction of sp³-hybridized carbons (Fsp3) is 0.929. The molecule has 0 N–H and O–H groups in total. The molecule has 0 radical (unpaired) electrons. The van der Waals surface area contributed by atoms with Crippen LogP contribution in [0.1, 0.15) is 46.5 Å². The second-order valence-corrected chi connectivity index (χ2v) is 6.84. The van der Waals surface area contributed by atoms with Crippen LogP contribution in [0.15, 0.2) is 0 Å². The number of likely N-dealkylation sites (tertiary alicyclic amines) is 2. The molecule has 2 aliphatic rings. The van der Waals surface area contributed by atoms with Crippen LogP contribution in [0.4, 0.5) is 4.79 Å². The molecule has 0 aliphatic carbocycles. The Bertz CT molecular complexity index is 278. The summed E-state index contributed by atoms with van der Waals surface area (Å²) in [6.07, 6.45) is 4.89. The van der Waals surface area contributed by atoms with Gasteiger partial charge in [-0.25, -0.2) is 4.79 Å². The van der Waals surface area contributed by atoms with Crippen molar-refractivity contribution in [2.45, 2.75) is 46.5 Å². The van der Waals surface area contributed by atoms with E-state index in [1.54, 1.807) is 0 Å². The Labute approximate surface area is 105 Å². The predicted octanol–water partition coefficient (Wildman–Crippen LogP) is 2.96. The van der Waals surface area contributed by atoms with Crippen LogP contribution < -0.4 is 0 Å². The van der Waals surface area contributed by atoms with Crippen molar-refractivity contribution in [3.63, 3.8) is 0 Å². The van der Waals surface area contributed by atoms with Crippen LogP contribution in [0.25, 0.3) is 0 Å². The SMILES string of the molecule is CC(C)(C)CC1CCCN(C(=O)N2CCC2)C1. The van der Waals surface area contributed by atoms with Gasteiger partial charge in [-0.3, -0.25) is 0 Å². The predicted molar refractivity (Wildman–Crippen MR) is 70.0 cm³/mol. The third-order valence-corrected chi connectivity index (χ3v) is 3.82. The fourth-order valence-electron chi connectivity index (χ4n) is 2.98. The molecule has 2 fully saturated rings. The molecule has 1 unspecified atom stereocenters. The van der Waals surface area contributed by atoms with Gasteiger partial charge in [0.1, 0.15) is 0 Å². The zero-order valence-electron chi connectivity index (χ0n) is 11.5. The number of hydrogen-bond acceptors (Lipinski definition) is 1. The quantitative estimate of drug-likeness (QED) is 0.689. The van der Waals surface area contributed by atoms with E-state index >= 15 is 0 Å². The number of rotatable bonds is 1. The average molecular weight is 238 g/mol. The highest BCUT2D eigenvalue weighted by Gasteiger charge is 2.30. The molecule has 0 aromatic carbocycles. The minimum Gasteiger partial charge on any atom is -0.325 e. The third kappa shape index (κ3) is 3.36. The molecule has 0 spiro atoms. The molecule has 3 nitrogen and oxygen atoms in total. The molecule has 2 rings (SSSR count). The lowest BCUT2D eigenvalue weighted by Gasteiger charge is -2.41. The van der Waals surface area contributed by atoms with Gasteiger partial charge in [0.25, 0.3) is 0 Å². The van der Waals surface area contributed by atoms with E-state index in [0.29, 0.717) is 11.3 Å². The first kappa shape index (κ1) is 12.7. The summed E-state index contributed by atoms with van der Waals surface area (Å²) >= 11 is 0. The molecule has 3 heteroatoms. The van der Waals surface area contributed by atoms with E-state index < -0.39 is 0 Å². The molecule has 0 bridgehead atoms. The largest absolute Gasteiger partial charge is 0.325 e. The summed E-state index contributed by atoms with van der Waals surface area (Å²) in [7, 11) is 0. The van der Waals surface area contributed by atoms with E-state index in [2.05, 4.69) is 25.7 Å². The maximum atomic E-state index is 12.1. The van der Waals surface area contributed by atoms with Gasteiger partial charge >= 0.3 is 6.03 Å². The molecule has 0 aromatic heterocycles. The van der Waals surface area contributed by atoms with Gasteiger partial charge < -0.3 is 9.80 Å². The van der Waals surface area contributed by atoms with Crippen molar-refractivity contribution in [2.75, 3.05) is 26.2 Å². The van der Waals surface area contributed by atoms with Crippen molar-refractivity contribution >= 4 is 6.03 Å². The topological polar surface area (TPSA) is 23.6 Å². The number of amides is 2. The Morgan fingerprint density at radius 1 is 1.12 bits per heavy atom. The van der Waals surface area contributed by atoms with Crippen LogP contribution >= 0.6 is 0 Å². The van der Waals surface area contributed by atoms with Gasteiger partial charge in [0.2, 0.25) is 0 Å². The van der Waals surface area contributed by atoms with Crippen LogP contribution in [-0.2, 0) is 0 Å². The zero-order valence-corrected chi connectivity index (χ0v) is 11.5. The monoisotopic (exact) mass is 238 g/mol. The van der Waals surface area contributed by atoms with E-state index in [-0.39, 0.29) is 6.03 Å². The Hall–Kier alpha value is -0.730. The van der Waals surface area contributed by atoms with Crippen LogP contribution in [0.2, 0.25) is 0 Å². The van der Waals surface area contributed by atoms with Crippen molar-refractivity contribution in [3.8, 4) is 0 Å². The minimum absolute atomic E-state index is 0.287. The van der Waals surface area contributed by atoms with Gasteiger partial charge in [0, 0.05) is 26.2 Å². The average Bonchev–Trinajstić information content (AvgIpc) is 2.12. The lowest BCUT2D eigenvalue weighted by Crippen LogP contribution is -2.52. The highest BCUT2D eigenvalue weighted by molar-refractivity contribution is 5.75. The standard InChI is InChI=1S/C14H26N2O/c1-14(2,3)10-12-6-4-7-16(11-12)13(17)15-8-5-9-15/h12H,4-11H2,1-3H3. The lowest BCUT2D eigenvalue weighted by atomic mass is 9.81. The fourth-order valence-corrected chi connectivity index (χ4v) is 2.98. The second kappa shape index (κ2) is 4.87. The van der Waals surface area contributed by atoms with Crippen molar-refractivity contribution in [3.05, 3.63) is 0 Å². The maximum Gasteiger partial charge on any atom is 0.320 e. The second-order valence-electron chi connectivity index (χ2n) is 6.84. The molecule has 2 saturated heterocycles. The van der Waals surface area contributed by atoms with Gasteiger partial charge in [-0.1, -0.05) is 20.8 Å². The summed E-state index contributed by atoms with van der Waals surface area (Å²) in [5.74, 6) is 0.703. The van der Waals surface area contributed by atoms with Crippen LogP contribution in [0.5, 0.6) is 0 Å². The Kier molecular flexibility index (Phi) is 3.64. The van der Waals surface area contributed by atoms with Crippen LogP contribution in [0, 0.1) is 11.3 Å². The van der Waals surface area contributed by atoms with Gasteiger partial charge in [-0.05, 0) is 37.0 Å². The number of hydrogen-bond donors (Lipinski definition) is 0. The lowest BCUT2D eigenvalue weighted by molar-refractivity contribution is 0.0983. The Morgan fingerprint density at radius 3 is 2.29 bits per heavy atom. The Morgan fingerprint density at radius 2 is 1.76 bits per heavy atom. The zero-order chi connectivity index (χ0) is 12.5. The highest BCUT2D eigenvalue weighted by Crippen LogP contribution is 2.30.